The summed E-state index contributed by atoms with van der Waals surface area (Å²) < 4.78 is 34.7. The Morgan fingerprint density at radius 2 is 1.71 bits per heavy atom. The SMILES string of the molecule is COC(=O)c1cc2oc3ccc(S(=O)(=O)Cl)cc3c2cc1N(C(=O)C1CCC(C)CC1)C(C)C. The third kappa shape index (κ3) is 4.53. The van der Waals surface area contributed by atoms with Crippen LogP contribution < -0.4 is 4.90 Å². The molecule has 0 bridgehead atoms. The highest BCUT2D eigenvalue weighted by Crippen LogP contribution is 2.38. The number of hydrogen-bond donors (Lipinski definition) is 0. The van der Waals surface area contributed by atoms with Crippen LogP contribution in [-0.2, 0) is 18.6 Å². The molecule has 7 nitrogen and oxygen atoms in total. The van der Waals surface area contributed by atoms with Crippen LogP contribution in [0.3, 0.4) is 0 Å². The molecule has 0 radical (unpaired) electrons. The lowest BCUT2D eigenvalue weighted by atomic mass is 9.82. The summed E-state index contributed by atoms with van der Waals surface area (Å²) in [5.41, 5.74) is 1.45. The van der Waals surface area contributed by atoms with Crippen LogP contribution in [0.4, 0.5) is 5.69 Å². The number of hydrogen-bond acceptors (Lipinski definition) is 6. The first-order chi connectivity index (χ1) is 16.0. The number of rotatable bonds is 5. The molecule has 2 aromatic carbocycles. The summed E-state index contributed by atoms with van der Waals surface area (Å²) in [6.45, 7) is 6.00. The van der Waals surface area contributed by atoms with Gasteiger partial charge in [-0.1, -0.05) is 6.92 Å². The maximum Gasteiger partial charge on any atom is 0.340 e. The summed E-state index contributed by atoms with van der Waals surface area (Å²) in [7, 11) is 2.89. The highest BCUT2D eigenvalue weighted by atomic mass is 35.7. The second-order valence-electron chi connectivity index (χ2n) is 9.31. The fraction of sp³-hybridized carbons (Fsp3) is 0.440. The van der Waals surface area contributed by atoms with Gasteiger partial charge in [0, 0.05) is 33.4 Å². The number of nitrogens with zero attached hydrogens (tertiary/aromatic N) is 1. The van der Waals surface area contributed by atoms with E-state index < -0.39 is 15.0 Å². The number of esters is 1. The van der Waals surface area contributed by atoms with Crippen molar-refractivity contribution >= 4 is 59.2 Å². The predicted molar refractivity (Wildman–Crippen MR) is 132 cm³/mol. The van der Waals surface area contributed by atoms with Gasteiger partial charge in [0.1, 0.15) is 11.2 Å². The minimum atomic E-state index is -3.95. The standard InChI is InChI=1S/C25H28ClNO6S/c1-14(2)27(24(28)16-7-5-15(3)6-8-16)21-12-19-18-11-17(34(26,30)31)9-10-22(18)33-23(19)13-20(21)25(29)32-4/h9-16H,5-8H2,1-4H3. The van der Waals surface area contributed by atoms with Gasteiger partial charge >= 0.3 is 5.97 Å². The largest absolute Gasteiger partial charge is 0.465 e. The Morgan fingerprint density at radius 3 is 2.29 bits per heavy atom. The first-order valence-electron chi connectivity index (χ1n) is 11.4. The number of benzene rings is 2. The molecule has 1 aliphatic rings. The fourth-order valence-electron chi connectivity index (χ4n) is 4.77. The number of methoxy groups -OCH3 is 1. The van der Waals surface area contributed by atoms with Crippen LogP contribution >= 0.6 is 10.7 Å². The van der Waals surface area contributed by atoms with Crippen LogP contribution in [0.5, 0.6) is 0 Å². The number of halogens is 1. The number of amides is 1. The van der Waals surface area contributed by atoms with Crippen LogP contribution in [0.1, 0.15) is 56.8 Å². The molecule has 1 aromatic heterocycles. The molecule has 0 spiro atoms. The minimum Gasteiger partial charge on any atom is -0.465 e. The van der Waals surface area contributed by atoms with Gasteiger partial charge in [-0.3, -0.25) is 4.79 Å². The van der Waals surface area contributed by atoms with Gasteiger partial charge in [-0.25, -0.2) is 13.2 Å². The molecule has 1 aliphatic carbocycles. The predicted octanol–water partition coefficient (Wildman–Crippen LogP) is 5.87. The molecular formula is C25H28ClNO6S. The van der Waals surface area contributed by atoms with Crippen molar-refractivity contribution in [2.75, 3.05) is 12.0 Å². The van der Waals surface area contributed by atoms with Gasteiger partial charge in [0.2, 0.25) is 5.91 Å². The van der Waals surface area contributed by atoms with Gasteiger partial charge < -0.3 is 14.1 Å². The molecule has 9 heteroatoms. The quantitative estimate of drug-likeness (QED) is 0.318. The molecule has 0 aliphatic heterocycles. The molecule has 34 heavy (non-hydrogen) atoms. The van der Waals surface area contributed by atoms with Crippen LogP contribution in [0, 0.1) is 11.8 Å². The van der Waals surface area contributed by atoms with Crippen LogP contribution in [0.15, 0.2) is 39.6 Å². The highest BCUT2D eigenvalue weighted by Gasteiger charge is 2.33. The van der Waals surface area contributed by atoms with E-state index >= 15 is 0 Å². The van der Waals surface area contributed by atoms with Gasteiger partial charge in [-0.05, 0) is 75.8 Å². The monoisotopic (exact) mass is 505 g/mol. The number of carbonyl (C=O) groups excluding carboxylic acids is 2. The summed E-state index contributed by atoms with van der Waals surface area (Å²) in [6.07, 6.45) is 3.61. The van der Waals surface area contributed by atoms with Gasteiger partial charge in [0.15, 0.2) is 0 Å². The number of anilines is 1. The van der Waals surface area contributed by atoms with Crippen LogP contribution in [0.25, 0.3) is 21.9 Å². The van der Waals surface area contributed by atoms with E-state index in [-0.39, 0.29) is 28.3 Å². The lowest BCUT2D eigenvalue weighted by Gasteiger charge is -2.34. The zero-order chi connectivity index (χ0) is 24.8. The Kier molecular flexibility index (Phi) is 6.66. The molecule has 1 saturated carbocycles. The Bertz CT molecular complexity index is 1370. The average molecular weight is 506 g/mol. The third-order valence-electron chi connectivity index (χ3n) is 6.62. The zero-order valence-corrected chi connectivity index (χ0v) is 21.2. The topological polar surface area (TPSA) is 93.9 Å². The third-order valence-corrected chi connectivity index (χ3v) is 7.98. The number of furan rings is 1. The molecular weight excluding hydrogens is 478 g/mol. The maximum atomic E-state index is 13.7. The zero-order valence-electron chi connectivity index (χ0n) is 19.6. The molecule has 1 fully saturated rings. The summed E-state index contributed by atoms with van der Waals surface area (Å²) in [5, 5.41) is 1.10. The van der Waals surface area contributed by atoms with Crippen molar-refractivity contribution < 1.29 is 27.2 Å². The van der Waals surface area contributed by atoms with E-state index in [0.717, 1.165) is 25.7 Å². The maximum absolute atomic E-state index is 13.7. The molecule has 182 valence electrons. The van der Waals surface area contributed by atoms with E-state index in [0.29, 0.717) is 33.5 Å². The molecule has 4 rings (SSSR count). The van der Waals surface area contributed by atoms with Crippen molar-refractivity contribution in [3.05, 3.63) is 35.9 Å². The Morgan fingerprint density at radius 1 is 1.06 bits per heavy atom. The van der Waals surface area contributed by atoms with E-state index in [9.17, 15) is 18.0 Å². The smallest absolute Gasteiger partial charge is 0.340 e. The Labute approximate surface area is 203 Å². The normalized spacial score (nSPS) is 19.0. The van der Waals surface area contributed by atoms with Crippen LogP contribution in [0.2, 0.25) is 0 Å². The van der Waals surface area contributed by atoms with E-state index in [1.807, 2.05) is 13.8 Å². The van der Waals surface area contributed by atoms with Gasteiger partial charge in [0.05, 0.1) is 23.3 Å². The van der Waals surface area contributed by atoms with Gasteiger partial charge in [0.25, 0.3) is 9.05 Å². The minimum absolute atomic E-state index is 0.0248. The first kappa shape index (κ1) is 24.5. The van der Waals surface area contributed by atoms with E-state index in [4.69, 9.17) is 19.8 Å². The van der Waals surface area contributed by atoms with Gasteiger partial charge in [-0.15, -0.1) is 0 Å². The molecule has 0 atom stereocenters. The Hall–Kier alpha value is -2.58. The van der Waals surface area contributed by atoms with Gasteiger partial charge in [-0.2, -0.15) is 0 Å². The number of fused-ring (bicyclic) bond motifs is 3. The van der Waals surface area contributed by atoms with E-state index in [2.05, 4.69) is 6.92 Å². The van der Waals surface area contributed by atoms with Crippen molar-refractivity contribution in [2.45, 2.75) is 57.4 Å². The molecule has 1 amide bonds. The average Bonchev–Trinajstić information content (AvgIpc) is 3.14. The molecule has 0 unspecified atom stereocenters. The number of carbonyl (C=O) groups is 2. The van der Waals surface area contributed by atoms with E-state index in [1.165, 1.54) is 25.3 Å². The number of ether oxygens (including phenoxy) is 1. The lowest BCUT2D eigenvalue weighted by Crippen LogP contribution is -2.43. The summed E-state index contributed by atoms with van der Waals surface area (Å²) in [5.74, 6) is -0.127. The van der Waals surface area contributed by atoms with Crippen molar-refractivity contribution in [3.8, 4) is 0 Å². The molecule has 1 heterocycles. The van der Waals surface area contributed by atoms with Crippen molar-refractivity contribution in [1.29, 1.82) is 0 Å². The van der Waals surface area contributed by atoms with Crippen molar-refractivity contribution in [1.82, 2.24) is 0 Å². The summed E-state index contributed by atoms with van der Waals surface area (Å²) in [6, 6.07) is 7.37. The Balaban J connectivity index is 1.92. The highest BCUT2D eigenvalue weighted by molar-refractivity contribution is 8.13. The lowest BCUT2D eigenvalue weighted by molar-refractivity contribution is -0.123. The fourth-order valence-corrected chi connectivity index (χ4v) is 5.55. The molecule has 0 N–H and O–H groups in total. The van der Waals surface area contributed by atoms with Crippen LogP contribution in [-0.4, -0.2) is 33.4 Å². The first-order valence-corrected chi connectivity index (χ1v) is 13.7. The molecule has 3 aromatic rings. The van der Waals surface area contributed by atoms with Crippen molar-refractivity contribution in [2.24, 2.45) is 11.8 Å². The van der Waals surface area contributed by atoms with E-state index in [1.54, 1.807) is 17.0 Å². The molecule has 0 saturated heterocycles. The van der Waals surface area contributed by atoms with Crippen molar-refractivity contribution in [3.63, 3.8) is 0 Å². The second-order valence-corrected chi connectivity index (χ2v) is 11.9. The second kappa shape index (κ2) is 9.23. The summed E-state index contributed by atoms with van der Waals surface area (Å²) in [4.78, 5) is 28.0. The summed E-state index contributed by atoms with van der Waals surface area (Å²) >= 11 is 0.